The first-order valence-corrected chi connectivity index (χ1v) is 7.56. The largest absolute Gasteiger partial charge is 0.480 e. The molecule has 0 saturated heterocycles. The molecule has 0 unspecified atom stereocenters. The second kappa shape index (κ2) is 5.94. The van der Waals surface area contributed by atoms with Gasteiger partial charge in [0.2, 0.25) is 5.88 Å². The number of nitrogens with one attached hydrogen (secondary N) is 1. The molecule has 9 heteroatoms. The molecule has 3 rings (SSSR count). The molecule has 0 atom stereocenters. The lowest BCUT2D eigenvalue weighted by Crippen LogP contribution is -2.07. The molecule has 0 radical (unpaired) electrons. The molecule has 108 valence electrons. The normalized spacial score (nSPS) is 10.8. The highest BCUT2D eigenvalue weighted by Crippen LogP contribution is 2.29. The first-order valence-electron chi connectivity index (χ1n) is 5.97. The molecule has 3 heterocycles. The summed E-state index contributed by atoms with van der Waals surface area (Å²) in [6, 6.07) is 3.55. The van der Waals surface area contributed by atoms with Gasteiger partial charge in [-0.25, -0.2) is 0 Å². The van der Waals surface area contributed by atoms with E-state index < -0.39 is 0 Å². The van der Waals surface area contributed by atoms with Crippen LogP contribution < -0.4 is 10.1 Å². The number of rotatable bonds is 4. The minimum atomic E-state index is 0.461. The number of pyridine rings is 1. The zero-order valence-electron chi connectivity index (χ0n) is 10.9. The molecule has 0 bridgehead atoms. The van der Waals surface area contributed by atoms with E-state index in [2.05, 4.69) is 57.5 Å². The van der Waals surface area contributed by atoms with Gasteiger partial charge in [0.15, 0.2) is 11.5 Å². The maximum absolute atomic E-state index is 5.12. The van der Waals surface area contributed by atoms with Crippen molar-refractivity contribution in [2.75, 3.05) is 12.4 Å². The van der Waals surface area contributed by atoms with Crippen molar-refractivity contribution < 1.29 is 4.74 Å². The predicted octanol–water partition coefficient (Wildman–Crippen LogP) is 2.67. The SMILES string of the molecule is COc1ccc2nnc(CNc3c(Br)cncc3Br)n2n1. The van der Waals surface area contributed by atoms with E-state index in [1.165, 1.54) is 0 Å². The van der Waals surface area contributed by atoms with Crippen LogP contribution in [0.5, 0.6) is 5.88 Å². The third-order valence-electron chi connectivity index (χ3n) is 2.79. The Balaban J connectivity index is 1.88. The van der Waals surface area contributed by atoms with Crippen LogP contribution in [0.25, 0.3) is 5.65 Å². The monoisotopic (exact) mass is 412 g/mol. The summed E-state index contributed by atoms with van der Waals surface area (Å²) in [5.74, 6) is 1.19. The number of nitrogens with zero attached hydrogens (tertiary/aromatic N) is 5. The topological polar surface area (TPSA) is 77.2 Å². The lowest BCUT2D eigenvalue weighted by molar-refractivity contribution is 0.389. The van der Waals surface area contributed by atoms with E-state index in [4.69, 9.17) is 4.74 Å². The van der Waals surface area contributed by atoms with Crippen molar-refractivity contribution >= 4 is 43.2 Å². The van der Waals surface area contributed by atoms with Gasteiger partial charge in [0.05, 0.1) is 28.3 Å². The van der Waals surface area contributed by atoms with Crippen molar-refractivity contribution in [3.63, 3.8) is 0 Å². The van der Waals surface area contributed by atoms with E-state index in [-0.39, 0.29) is 0 Å². The highest BCUT2D eigenvalue weighted by molar-refractivity contribution is 9.11. The number of aromatic nitrogens is 5. The standard InChI is InChI=1S/C12H10Br2N6O/c1-21-11-3-2-9-17-18-10(20(9)19-11)6-16-12-7(13)4-15-5-8(12)14/h2-5H,6H2,1H3,(H,15,16). The third-order valence-corrected chi connectivity index (χ3v) is 3.99. The summed E-state index contributed by atoms with van der Waals surface area (Å²) in [6.07, 6.45) is 3.44. The number of halogens is 2. The second-order valence-corrected chi connectivity index (χ2v) is 5.80. The zero-order valence-corrected chi connectivity index (χ0v) is 14.1. The molecular formula is C12H10Br2N6O. The van der Waals surface area contributed by atoms with Gasteiger partial charge in [0.1, 0.15) is 0 Å². The summed E-state index contributed by atoms with van der Waals surface area (Å²) < 4.78 is 8.48. The van der Waals surface area contributed by atoms with Crippen LogP contribution in [0.1, 0.15) is 5.82 Å². The quantitative estimate of drug-likeness (QED) is 0.708. The van der Waals surface area contributed by atoms with Crippen LogP contribution in [0.4, 0.5) is 5.69 Å². The Hall–Kier alpha value is -1.74. The van der Waals surface area contributed by atoms with E-state index in [1.807, 2.05) is 0 Å². The average Bonchev–Trinajstić information content (AvgIpc) is 2.89. The summed E-state index contributed by atoms with van der Waals surface area (Å²) in [5.41, 5.74) is 1.56. The van der Waals surface area contributed by atoms with Crippen molar-refractivity contribution in [1.29, 1.82) is 0 Å². The number of anilines is 1. The van der Waals surface area contributed by atoms with E-state index in [0.717, 1.165) is 14.6 Å². The van der Waals surface area contributed by atoms with Crippen LogP contribution >= 0.6 is 31.9 Å². The van der Waals surface area contributed by atoms with Gasteiger partial charge < -0.3 is 10.1 Å². The lowest BCUT2D eigenvalue weighted by atomic mass is 10.4. The van der Waals surface area contributed by atoms with Crippen LogP contribution in [-0.2, 0) is 6.54 Å². The van der Waals surface area contributed by atoms with Crippen molar-refractivity contribution in [1.82, 2.24) is 24.8 Å². The van der Waals surface area contributed by atoms with Crippen molar-refractivity contribution in [3.8, 4) is 5.88 Å². The van der Waals surface area contributed by atoms with Crippen LogP contribution in [0, 0.1) is 0 Å². The molecule has 3 aromatic heterocycles. The molecule has 0 aliphatic carbocycles. The smallest absolute Gasteiger partial charge is 0.231 e. The average molecular weight is 414 g/mol. The molecule has 0 aliphatic rings. The molecule has 1 N–H and O–H groups in total. The molecule has 0 aromatic carbocycles. The van der Waals surface area contributed by atoms with Crippen LogP contribution in [0.3, 0.4) is 0 Å². The van der Waals surface area contributed by atoms with Gasteiger partial charge in [-0.05, 0) is 37.9 Å². The lowest BCUT2D eigenvalue weighted by Gasteiger charge is -2.09. The molecular weight excluding hydrogens is 404 g/mol. The number of fused-ring (bicyclic) bond motifs is 1. The molecule has 3 aromatic rings. The van der Waals surface area contributed by atoms with E-state index in [1.54, 1.807) is 36.2 Å². The van der Waals surface area contributed by atoms with Crippen LogP contribution in [-0.4, -0.2) is 31.9 Å². The fourth-order valence-electron chi connectivity index (χ4n) is 1.78. The summed E-state index contributed by atoms with van der Waals surface area (Å²) in [5, 5.41) is 15.8. The highest BCUT2D eigenvalue weighted by atomic mass is 79.9. The number of hydrogen-bond acceptors (Lipinski definition) is 6. The fraction of sp³-hybridized carbons (Fsp3) is 0.167. The van der Waals surface area contributed by atoms with E-state index >= 15 is 0 Å². The van der Waals surface area contributed by atoms with Gasteiger partial charge in [0, 0.05) is 18.5 Å². The summed E-state index contributed by atoms with van der Waals surface area (Å²) in [6.45, 7) is 0.461. The minimum Gasteiger partial charge on any atom is -0.480 e. The highest BCUT2D eigenvalue weighted by Gasteiger charge is 2.10. The Morgan fingerprint density at radius 3 is 2.67 bits per heavy atom. The number of methoxy groups -OCH3 is 1. The first kappa shape index (κ1) is 14.2. The molecule has 21 heavy (non-hydrogen) atoms. The predicted molar refractivity (Wildman–Crippen MR) is 84.3 cm³/mol. The Labute approximate surface area is 137 Å². The Morgan fingerprint density at radius 2 is 1.95 bits per heavy atom. The second-order valence-electron chi connectivity index (χ2n) is 4.09. The van der Waals surface area contributed by atoms with E-state index in [9.17, 15) is 0 Å². The minimum absolute atomic E-state index is 0.461. The third kappa shape index (κ3) is 2.84. The maximum atomic E-state index is 5.12. The Bertz CT molecular complexity index is 770. The Kier molecular flexibility index (Phi) is 4.02. The van der Waals surface area contributed by atoms with Gasteiger partial charge in [-0.1, -0.05) is 0 Å². The molecule has 0 aliphatic heterocycles. The van der Waals surface area contributed by atoms with Gasteiger partial charge in [-0.15, -0.1) is 15.3 Å². The zero-order chi connectivity index (χ0) is 14.8. The molecule has 0 amide bonds. The van der Waals surface area contributed by atoms with Crippen molar-refractivity contribution in [2.45, 2.75) is 6.54 Å². The van der Waals surface area contributed by atoms with Gasteiger partial charge in [-0.2, -0.15) is 4.52 Å². The molecule has 0 spiro atoms. The number of ether oxygens (including phenoxy) is 1. The molecule has 7 nitrogen and oxygen atoms in total. The van der Waals surface area contributed by atoms with Crippen LogP contribution in [0.2, 0.25) is 0 Å². The first-order chi connectivity index (χ1) is 10.2. The van der Waals surface area contributed by atoms with Crippen LogP contribution in [0.15, 0.2) is 33.5 Å². The van der Waals surface area contributed by atoms with Gasteiger partial charge >= 0.3 is 0 Å². The maximum Gasteiger partial charge on any atom is 0.231 e. The number of hydrogen-bond donors (Lipinski definition) is 1. The van der Waals surface area contributed by atoms with E-state index in [0.29, 0.717) is 23.9 Å². The fourth-order valence-corrected chi connectivity index (χ4v) is 2.99. The Morgan fingerprint density at radius 1 is 1.19 bits per heavy atom. The summed E-state index contributed by atoms with van der Waals surface area (Å²) >= 11 is 6.90. The van der Waals surface area contributed by atoms with Crippen molar-refractivity contribution in [2.24, 2.45) is 0 Å². The van der Waals surface area contributed by atoms with Gasteiger partial charge in [-0.3, -0.25) is 4.98 Å². The summed E-state index contributed by atoms with van der Waals surface area (Å²) in [4.78, 5) is 4.07. The van der Waals surface area contributed by atoms with Gasteiger partial charge in [0.25, 0.3) is 0 Å². The molecule has 0 fully saturated rings. The summed E-state index contributed by atoms with van der Waals surface area (Å²) in [7, 11) is 1.57. The van der Waals surface area contributed by atoms with Crippen molar-refractivity contribution in [3.05, 3.63) is 39.3 Å². The molecule has 0 saturated carbocycles.